The first kappa shape index (κ1) is 11.9. The third-order valence-electron chi connectivity index (χ3n) is 2.75. The lowest BCUT2D eigenvalue weighted by molar-refractivity contribution is -0.143. The van der Waals surface area contributed by atoms with E-state index >= 15 is 0 Å². The highest BCUT2D eigenvalue weighted by Gasteiger charge is 2.74. The van der Waals surface area contributed by atoms with E-state index in [1.54, 1.807) is 6.92 Å². The van der Waals surface area contributed by atoms with E-state index in [2.05, 4.69) is 20.7 Å². The second kappa shape index (κ2) is 3.72. The number of hydrogen-bond donors (Lipinski definition) is 0. The molecule has 2 rings (SSSR count). The zero-order valence-corrected chi connectivity index (χ0v) is 11.1. The van der Waals surface area contributed by atoms with Gasteiger partial charge < -0.3 is 9.47 Å². The minimum Gasteiger partial charge on any atom is -0.466 e. The summed E-state index contributed by atoms with van der Waals surface area (Å²) in [6, 6.07) is 7.48. The standard InChI is InChI=1S/C11H10BrClO3/c1-10(7-5-3-4-6-8(7)12)11(13,16-10)9(14)15-2/h3-6H,1-2H3. The molecule has 0 amide bonds. The van der Waals surface area contributed by atoms with Crippen LogP contribution in [-0.4, -0.2) is 18.1 Å². The average Bonchev–Trinajstić information content (AvgIpc) is 2.83. The van der Waals surface area contributed by atoms with Crippen molar-refractivity contribution in [2.45, 2.75) is 17.6 Å². The third-order valence-corrected chi connectivity index (χ3v) is 4.04. The van der Waals surface area contributed by atoms with Crippen LogP contribution < -0.4 is 0 Å². The van der Waals surface area contributed by atoms with E-state index in [0.717, 1.165) is 10.0 Å². The molecule has 0 N–H and O–H groups in total. The summed E-state index contributed by atoms with van der Waals surface area (Å²) < 4.78 is 10.8. The minimum absolute atomic E-state index is 0.576. The Bertz CT molecular complexity index is 451. The van der Waals surface area contributed by atoms with E-state index in [-0.39, 0.29) is 0 Å². The van der Waals surface area contributed by atoms with Gasteiger partial charge in [-0.25, -0.2) is 4.79 Å². The topological polar surface area (TPSA) is 38.8 Å². The number of rotatable bonds is 2. The Morgan fingerprint density at radius 1 is 1.50 bits per heavy atom. The van der Waals surface area contributed by atoms with Gasteiger partial charge in [0.05, 0.1) is 7.11 Å². The van der Waals surface area contributed by atoms with Crippen LogP contribution in [0, 0.1) is 0 Å². The second-order valence-corrected chi connectivity index (χ2v) is 5.09. The van der Waals surface area contributed by atoms with Crippen LogP contribution in [-0.2, 0) is 19.9 Å². The Labute approximate surface area is 107 Å². The minimum atomic E-state index is -1.41. The molecule has 1 fully saturated rings. The SMILES string of the molecule is COC(=O)C1(Cl)OC1(C)c1ccccc1Br. The molecule has 2 atom stereocenters. The van der Waals surface area contributed by atoms with E-state index in [0.29, 0.717) is 0 Å². The fraction of sp³-hybridized carbons (Fsp3) is 0.364. The van der Waals surface area contributed by atoms with Crippen molar-refractivity contribution in [2.75, 3.05) is 7.11 Å². The lowest BCUT2D eigenvalue weighted by Gasteiger charge is -2.11. The number of halogens is 2. The van der Waals surface area contributed by atoms with Gasteiger partial charge in [0, 0.05) is 10.0 Å². The van der Waals surface area contributed by atoms with Crippen molar-refractivity contribution in [3.63, 3.8) is 0 Å². The summed E-state index contributed by atoms with van der Waals surface area (Å²) in [5, 5.41) is -1.41. The first-order valence-corrected chi connectivity index (χ1v) is 5.85. The fourth-order valence-electron chi connectivity index (χ4n) is 1.70. The highest BCUT2D eigenvalue weighted by molar-refractivity contribution is 9.10. The normalized spacial score (nSPS) is 32.2. The number of alkyl halides is 1. The molecule has 1 saturated heterocycles. The van der Waals surface area contributed by atoms with Crippen molar-refractivity contribution in [3.8, 4) is 0 Å². The number of carbonyl (C=O) groups is 1. The van der Waals surface area contributed by atoms with Gasteiger partial charge in [-0.2, -0.15) is 0 Å². The Kier molecular flexibility index (Phi) is 2.77. The molecule has 1 aromatic rings. The van der Waals surface area contributed by atoms with Gasteiger partial charge in [-0.15, -0.1) is 0 Å². The Morgan fingerprint density at radius 3 is 2.69 bits per heavy atom. The molecular formula is C11H10BrClO3. The van der Waals surface area contributed by atoms with Gasteiger partial charge in [0.1, 0.15) is 5.60 Å². The van der Waals surface area contributed by atoms with Crippen LogP contribution >= 0.6 is 27.5 Å². The van der Waals surface area contributed by atoms with E-state index in [4.69, 9.17) is 16.3 Å². The maximum Gasteiger partial charge on any atom is 0.357 e. The van der Waals surface area contributed by atoms with Crippen molar-refractivity contribution in [3.05, 3.63) is 34.3 Å². The van der Waals surface area contributed by atoms with Crippen molar-refractivity contribution >= 4 is 33.5 Å². The first-order valence-electron chi connectivity index (χ1n) is 4.68. The smallest absolute Gasteiger partial charge is 0.357 e. The second-order valence-electron chi connectivity index (χ2n) is 3.70. The molecule has 1 aromatic carbocycles. The summed E-state index contributed by atoms with van der Waals surface area (Å²) in [6.45, 7) is 1.76. The predicted molar refractivity (Wildman–Crippen MR) is 63.2 cm³/mol. The molecule has 1 aliphatic heterocycles. The molecule has 86 valence electrons. The van der Waals surface area contributed by atoms with Crippen molar-refractivity contribution in [2.24, 2.45) is 0 Å². The Balaban J connectivity index is 2.38. The third kappa shape index (κ3) is 1.48. The maximum atomic E-state index is 11.5. The number of benzene rings is 1. The predicted octanol–water partition coefficient (Wildman–Crippen LogP) is 2.80. The molecule has 0 spiro atoms. The molecule has 3 nitrogen and oxygen atoms in total. The van der Waals surface area contributed by atoms with E-state index < -0.39 is 16.6 Å². The molecule has 1 heterocycles. The molecule has 16 heavy (non-hydrogen) atoms. The van der Waals surface area contributed by atoms with Gasteiger partial charge >= 0.3 is 5.97 Å². The van der Waals surface area contributed by atoms with Crippen molar-refractivity contribution in [1.82, 2.24) is 0 Å². The van der Waals surface area contributed by atoms with Crippen LogP contribution in [0.5, 0.6) is 0 Å². The quantitative estimate of drug-likeness (QED) is 0.479. The van der Waals surface area contributed by atoms with E-state index in [9.17, 15) is 4.79 Å². The summed E-state index contributed by atoms with van der Waals surface area (Å²) in [5.74, 6) is -0.576. The number of esters is 1. The van der Waals surface area contributed by atoms with E-state index in [1.165, 1.54) is 7.11 Å². The van der Waals surface area contributed by atoms with Gasteiger partial charge in [-0.3, -0.25) is 0 Å². The monoisotopic (exact) mass is 304 g/mol. The van der Waals surface area contributed by atoms with Crippen LogP contribution in [0.1, 0.15) is 12.5 Å². The molecule has 5 heteroatoms. The number of hydrogen-bond acceptors (Lipinski definition) is 3. The zero-order chi connectivity index (χ0) is 12.0. The van der Waals surface area contributed by atoms with Crippen LogP contribution in [0.3, 0.4) is 0 Å². The van der Waals surface area contributed by atoms with Gasteiger partial charge in [-0.05, 0) is 13.0 Å². The molecule has 1 aliphatic rings. The Morgan fingerprint density at radius 2 is 2.12 bits per heavy atom. The first-order chi connectivity index (χ1) is 7.45. The van der Waals surface area contributed by atoms with Crippen LogP contribution in [0.15, 0.2) is 28.7 Å². The summed E-state index contributed by atoms with van der Waals surface area (Å²) in [5.41, 5.74) is -0.0164. The highest BCUT2D eigenvalue weighted by atomic mass is 79.9. The highest BCUT2D eigenvalue weighted by Crippen LogP contribution is 2.60. The number of carbonyl (C=O) groups excluding carboxylic acids is 1. The molecule has 0 aromatic heterocycles. The van der Waals surface area contributed by atoms with Crippen molar-refractivity contribution < 1.29 is 14.3 Å². The van der Waals surface area contributed by atoms with Crippen LogP contribution in [0.25, 0.3) is 0 Å². The number of epoxide rings is 1. The zero-order valence-electron chi connectivity index (χ0n) is 8.79. The molecule has 0 saturated carbocycles. The largest absolute Gasteiger partial charge is 0.466 e. The van der Waals surface area contributed by atoms with Crippen LogP contribution in [0.4, 0.5) is 0 Å². The Hall–Kier alpha value is -0.580. The van der Waals surface area contributed by atoms with Gasteiger partial charge in [0.15, 0.2) is 0 Å². The average molecular weight is 306 g/mol. The van der Waals surface area contributed by atoms with Gasteiger partial charge in [-0.1, -0.05) is 45.7 Å². The van der Waals surface area contributed by atoms with E-state index in [1.807, 2.05) is 24.3 Å². The lowest BCUT2D eigenvalue weighted by Crippen LogP contribution is -2.27. The lowest BCUT2D eigenvalue weighted by atomic mass is 9.97. The van der Waals surface area contributed by atoms with Crippen LogP contribution in [0.2, 0.25) is 0 Å². The molecule has 0 aliphatic carbocycles. The summed E-state index contributed by atoms with van der Waals surface area (Å²) >= 11 is 9.49. The number of methoxy groups -OCH3 is 1. The van der Waals surface area contributed by atoms with Crippen molar-refractivity contribution in [1.29, 1.82) is 0 Å². The summed E-state index contributed by atoms with van der Waals surface area (Å²) in [7, 11) is 1.29. The van der Waals surface area contributed by atoms with Gasteiger partial charge in [0.2, 0.25) is 0 Å². The molecular weight excluding hydrogens is 295 g/mol. The molecule has 0 radical (unpaired) electrons. The number of ether oxygens (including phenoxy) is 2. The molecule has 2 unspecified atom stereocenters. The fourth-order valence-corrected chi connectivity index (χ4v) is 2.70. The summed E-state index contributed by atoms with van der Waals surface area (Å²) in [6.07, 6.45) is 0. The maximum absolute atomic E-state index is 11.5. The molecule has 0 bridgehead atoms. The summed E-state index contributed by atoms with van der Waals surface area (Å²) in [4.78, 5) is 11.5. The van der Waals surface area contributed by atoms with Gasteiger partial charge in [0.25, 0.3) is 5.06 Å².